The maximum absolute atomic E-state index is 15.2. The van der Waals surface area contributed by atoms with E-state index in [-0.39, 0.29) is 11.8 Å². The summed E-state index contributed by atoms with van der Waals surface area (Å²) < 4.78 is 15.2. The van der Waals surface area contributed by atoms with Gasteiger partial charge in [0.05, 0.1) is 0 Å². The average Bonchev–Trinajstić information content (AvgIpc) is 1.99. The van der Waals surface area contributed by atoms with E-state index in [9.17, 15) is 0 Å². The predicted molar refractivity (Wildman–Crippen MR) is 71.3 cm³/mol. The first-order chi connectivity index (χ1) is 7.16. The highest BCUT2D eigenvalue weighted by molar-refractivity contribution is 4.92. The topological polar surface area (TPSA) is 0 Å². The Kier molecular flexibility index (Phi) is 6.00. The molecule has 0 fully saturated rings. The van der Waals surface area contributed by atoms with E-state index in [1.165, 1.54) is 0 Å². The molecule has 16 heavy (non-hydrogen) atoms. The van der Waals surface area contributed by atoms with Gasteiger partial charge in [-0.15, -0.1) is 0 Å². The van der Waals surface area contributed by atoms with Crippen molar-refractivity contribution in [3.05, 3.63) is 0 Å². The van der Waals surface area contributed by atoms with Gasteiger partial charge in [0.1, 0.15) is 5.67 Å². The molecular weight excluding hydrogens is 199 g/mol. The summed E-state index contributed by atoms with van der Waals surface area (Å²) >= 11 is 0. The highest BCUT2D eigenvalue weighted by Crippen LogP contribution is 2.43. The van der Waals surface area contributed by atoms with Crippen LogP contribution in [0, 0.1) is 29.6 Å². The lowest BCUT2D eigenvalue weighted by Gasteiger charge is -2.43. The molecule has 0 aliphatic carbocycles. The fourth-order valence-corrected chi connectivity index (χ4v) is 3.84. The van der Waals surface area contributed by atoms with Gasteiger partial charge in [0.2, 0.25) is 0 Å². The monoisotopic (exact) mass is 230 g/mol. The zero-order valence-corrected chi connectivity index (χ0v) is 12.5. The van der Waals surface area contributed by atoms with Crippen molar-refractivity contribution < 1.29 is 4.39 Å². The van der Waals surface area contributed by atoms with E-state index in [0.717, 1.165) is 6.42 Å². The first-order valence-corrected chi connectivity index (χ1v) is 6.85. The second kappa shape index (κ2) is 6.02. The summed E-state index contributed by atoms with van der Waals surface area (Å²) in [5.74, 6) is 1.55. The summed E-state index contributed by atoms with van der Waals surface area (Å²) in [6.45, 7) is 16.8. The largest absolute Gasteiger partial charge is 0.244 e. The minimum atomic E-state index is -1.05. The lowest BCUT2D eigenvalue weighted by molar-refractivity contribution is -0.0325. The third kappa shape index (κ3) is 3.46. The fraction of sp³-hybridized carbons (Fsp3) is 1.00. The Hall–Kier alpha value is -0.0700. The molecule has 0 aromatic heterocycles. The third-order valence-corrected chi connectivity index (χ3v) is 4.06. The molecule has 0 amide bonds. The van der Waals surface area contributed by atoms with Gasteiger partial charge in [0.25, 0.3) is 0 Å². The smallest absolute Gasteiger partial charge is 0.114 e. The van der Waals surface area contributed by atoms with Crippen molar-refractivity contribution in [1.29, 1.82) is 0 Å². The second-order valence-corrected chi connectivity index (χ2v) is 6.42. The Morgan fingerprint density at radius 3 is 1.44 bits per heavy atom. The molecule has 1 heteroatoms. The molecule has 98 valence electrons. The van der Waals surface area contributed by atoms with Gasteiger partial charge in [-0.3, -0.25) is 0 Å². The van der Waals surface area contributed by atoms with Crippen LogP contribution in [0.1, 0.15) is 61.8 Å². The van der Waals surface area contributed by atoms with Gasteiger partial charge in [0.15, 0.2) is 0 Å². The molecular formula is C15H31F. The van der Waals surface area contributed by atoms with Crippen molar-refractivity contribution in [2.24, 2.45) is 29.6 Å². The molecule has 0 heterocycles. The highest BCUT2D eigenvalue weighted by atomic mass is 19.1. The first kappa shape index (κ1) is 15.9. The van der Waals surface area contributed by atoms with Crippen LogP contribution in [0.25, 0.3) is 0 Å². The average molecular weight is 230 g/mol. The van der Waals surface area contributed by atoms with Gasteiger partial charge in [-0.05, 0) is 36.5 Å². The van der Waals surface area contributed by atoms with Crippen LogP contribution in [0.3, 0.4) is 0 Å². The number of rotatable bonds is 6. The molecule has 0 aromatic rings. The summed E-state index contributed by atoms with van der Waals surface area (Å²) in [7, 11) is 0. The van der Waals surface area contributed by atoms with Crippen LogP contribution in [-0.4, -0.2) is 5.67 Å². The van der Waals surface area contributed by atoms with Gasteiger partial charge in [-0.25, -0.2) is 4.39 Å². The Balaban J connectivity index is 5.10. The summed E-state index contributed by atoms with van der Waals surface area (Å²) in [5, 5.41) is 0. The van der Waals surface area contributed by atoms with Crippen LogP contribution in [-0.2, 0) is 0 Å². The van der Waals surface area contributed by atoms with Gasteiger partial charge < -0.3 is 0 Å². The molecule has 0 nitrogen and oxygen atoms in total. The van der Waals surface area contributed by atoms with E-state index in [4.69, 9.17) is 0 Å². The molecule has 0 N–H and O–H groups in total. The van der Waals surface area contributed by atoms with Crippen molar-refractivity contribution in [2.75, 3.05) is 0 Å². The van der Waals surface area contributed by atoms with E-state index in [2.05, 4.69) is 48.5 Å². The molecule has 0 saturated heterocycles. The minimum absolute atomic E-state index is 0.153. The quantitative estimate of drug-likeness (QED) is 0.579. The highest BCUT2D eigenvalue weighted by Gasteiger charge is 2.44. The molecule has 2 atom stereocenters. The van der Waals surface area contributed by atoms with Crippen molar-refractivity contribution in [3.63, 3.8) is 0 Å². The van der Waals surface area contributed by atoms with Crippen LogP contribution in [0.4, 0.5) is 4.39 Å². The van der Waals surface area contributed by atoms with Gasteiger partial charge >= 0.3 is 0 Å². The Morgan fingerprint density at radius 2 is 1.25 bits per heavy atom. The van der Waals surface area contributed by atoms with E-state index >= 15 is 4.39 Å². The summed E-state index contributed by atoms with van der Waals surface area (Å²) in [5.41, 5.74) is -1.05. The minimum Gasteiger partial charge on any atom is -0.244 e. The normalized spacial score (nSPS) is 18.6. The van der Waals surface area contributed by atoms with Crippen molar-refractivity contribution in [1.82, 2.24) is 0 Å². The van der Waals surface area contributed by atoms with E-state index < -0.39 is 5.67 Å². The lowest BCUT2D eigenvalue weighted by Crippen LogP contribution is -2.45. The van der Waals surface area contributed by atoms with Crippen LogP contribution < -0.4 is 0 Å². The van der Waals surface area contributed by atoms with Crippen molar-refractivity contribution >= 4 is 0 Å². The van der Waals surface area contributed by atoms with Gasteiger partial charge in [-0.1, -0.05) is 54.9 Å². The zero-order chi connectivity index (χ0) is 13.1. The lowest BCUT2D eigenvalue weighted by atomic mass is 9.66. The molecule has 0 aromatic carbocycles. The van der Waals surface area contributed by atoms with Gasteiger partial charge in [0, 0.05) is 0 Å². The van der Waals surface area contributed by atoms with Crippen LogP contribution in [0.15, 0.2) is 0 Å². The third-order valence-electron chi connectivity index (χ3n) is 4.06. The molecule has 0 saturated carbocycles. The SMILES string of the molecule is CCC(C(C)C)C(C)(F)C(C(C)C)C(C)C. The van der Waals surface area contributed by atoms with E-state index in [1.54, 1.807) is 0 Å². The maximum atomic E-state index is 15.2. The summed E-state index contributed by atoms with van der Waals surface area (Å²) in [6, 6.07) is 0. The standard InChI is InChI=1S/C15H31F/c1-9-13(10(2)3)15(8,16)14(11(4)5)12(6)7/h10-14H,9H2,1-8H3. The summed E-state index contributed by atoms with van der Waals surface area (Å²) in [4.78, 5) is 0. The number of halogens is 1. The fourth-order valence-electron chi connectivity index (χ4n) is 3.84. The zero-order valence-electron chi connectivity index (χ0n) is 12.5. The first-order valence-electron chi connectivity index (χ1n) is 6.85. The molecule has 0 radical (unpaired) electrons. The Bertz CT molecular complexity index is 184. The summed E-state index contributed by atoms with van der Waals surface area (Å²) in [6.07, 6.45) is 0.931. The van der Waals surface area contributed by atoms with E-state index in [1.807, 2.05) is 6.92 Å². The molecule has 0 aliphatic rings. The molecule has 0 aliphatic heterocycles. The number of hydrogen-bond acceptors (Lipinski definition) is 0. The van der Waals surface area contributed by atoms with Crippen molar-refractivity contribution in [2.45, 2.75) is 67.5 Å². The van der Waals surface area contributed by atoms with Crippen LogP contribution >= 0.6 is 0 Å². The number of alkyl halides is 1. The second-order valence-electron chi connectivity index (χ2n) is 6.42. The molecule has 0 spiro atoms. The molecule has 0 bridgehead atoms. The number of hydrogen-bond donors (Lipinski definition) is 0. The maximum Gasteiger partial charge on any atom is 0.114 e. The van der Waals surface area contributed by atoms with Crippen LogP contribution in [0.2, 0.25) is 0 Å². The van der Waals surface area contributed by atoms with Crippen molar-refractivity contribution in [3.8, 4) is 0 Å². The molecule has 2 unspecified atom stereocenters. The Labute approximate surface area is 102 Å². The Morgan fingerprint density at radius 1 is 0.875 bits per heavy atom. The predicted octanol–water partition coefficient (Wildman–Crippen LogP) is 5.33. The molecule has 0 rings (SSSR count). The van der Waals surface area contributed by atoms with E-state index in [0.29, 0.717) is 17.8 Å². The van der Waals surface area contributed by atoms with Gasteiger partial charge in [-0.2, -0.15) is 0 Å². The van der Waals surface area contributed by atoms with Crippen LogP contribution in [0.5, 0.6) is 0 Å².